The number of rotatable bonds is 9. The maximum atomic E-state index is 13.2. The molecule has 2 aliphatic heterocycles. The largest absolute Gasteiger partial charge is 0.493 e. The Morgan fingerprint density at radius 3 is 2.57 bits per heavy atom. The topological polar surface area (TPSA) is 89.5 Å². The predicted octanol–water partition coefficient (Wildman–Crippen LogP) is 5.18. The fraction of sp³-hybridized carbons (Fsp3) is 0.222. The molecule has 0 aromatic heterocycles. The van der Waals surface area contributed by atoms with Gasteiger partial charge in [0.2, 0.25) is 5.91 Å². The van der Waals surface area contributed by atoms with Crippen molar-refractivity contribution < 1.29 is 28.2 Å². The van der Waals surface area contributed by atoms with E-state index in [2.05, 4.69) is 16.9 Å². The molecule has 37 heavy (non-hydrogen) atoms. The lowest BCUT2D eigenvalue weighted by Crippen LogP contribution is -2.37. The molecule has 1 N–H and O–H groups in total. The number of halogens is 1. The number of anilines is 1. The van der Waals surface area contributed by atoms with Crippen LogP contribution in [0.2, 0.25) is 0 Å². The van der Waals surface area contributed by atoms with E-state index in [-0.39, 0.29) is 18.9 Å². The average Bonchev–Trinajstić information content (AvgIpc) is 3.28. The Labute approximate surface area is 218 Å². The number of allylic oxidation sites excluding steroid dienone is 1. The van der Waals surface area contributed by atoms with Crippen molar-refractivity contribution in [2.75, 3.05) is 26.1 Å². The third-order valence-electron chi connectivity index (χ3n) is 5.75. The van der Waals surface area contributed by atoms with Gasteiger partial charge in [-0.1, -0.05) is 30.5 Å². The van der Waals surface area contributed by atoms with Gasteiger partial charge in [0.05, 0.1) is 38.0 Å². The van der Waals surface area contributed by atoms with Crippen molar-refractivity contribution in [2.45, 2.75) is 19.4 Å². The Balaban J connectivity index is 1.70. The van der Waals surface area contributed by atoms with E-state index in [1.54, 1.807) is 26.2 Å². The quantitative estimate of drug-likeness (QED) is 0.358. The summed E-state index contributed by atoms with van der Waals surface area (Å²) >= 11 is 1.36. The predicted molar refractivity (Wildman–Crippen MR) is 141 cm³/mol. The van der Waals surface area contributed by atoms with Crippen LogP contribution in [0.4, 0.5) is 10.1 Å². The van der Waals surface area contributed by atoms with Crippen LogP contribution in [-0.2, 0) is 14.3 Å². The summed E-state index contributed by atoms with van der Waals surface area (Å²) < 4.78 is 29.5. The SMILES string of the molecule is C=CCOC(=O)C1=C(C)N=C2SC=C(CC(=O)Nc3ccc(F)cc3)N2[C@H]1c1ccc(OC)c(OC)c1. The molecule has 0 saturated heterocycles. The molecule has 2 aromatic rings. The molecule has 0 aliphatic carbocycles. The number of benzene rings is 2. The second kappa shape index (κ2) is 11.3. The van der Waals surface area contributed by atoms with Crippen molar-refractivity contribution in [2.24, 2.45) is 4.99 Å². The first-order valence-corrected chi connectivity index (χ1v) is 12.2. The summed E-state index contributed by atoms with van der Waals surface area (Å²) in [7, 11) is 3.08. The number of thioether (sulfide) groups is 1. The summed E-state index contributed by atoms with van der Waals surface area (Å²) in [4.78, 5) is 32.6. The first-order valence-electron chi connectivity index (χ1n) is 11.4. The number of hydrogen-bond acceptors (Lipinski definition) is 8. The molecule has 0 radical (unpaired) electrons. The van der Waals surface area contributed by atoms with Gasteiger partial charge < -0.3 is 24.4 Å². The van der Waals surface area contributed by atoms with Crippen molar-refractivity contribution in [3.8, 4) is 11.5 Å². The number of amidine groups is 1. The summed E-state index contributed by atoms with van der Waals surface area (Å²) in [5, 5.41) is 5.24. The number of fused-ring (bicyclic) bond motifs is 1. The van der Waals surface area contributed by atoms with Gasteiger partial charge in [-0.2, -0.15) is 0 Å². The zero-order valence-electron chi connectivity index (χ0n) is 20.6. The number of esters is 1. The van der Waals surface area contributed by atoms with E-state index in [1.165, 1.54) is 49.2 Å². The summed E-state index contributed by atoms with van der Waals surface area (Å²) in [6.07, 6.45) is 1.49. The van der Waals surface area contributed by atoms with Crippen LogP contribution in [0, 0.1) is 5.82 Å². The fourth-order valence-corrected chi connectivity index (χ4v) is 5.05. The van der Waals surface area contributed by atoms with Gasteiger partial charge in [-0.25, -0.2) is 14.2 Å². The van der Waals surface area contributed by atoms with Crippen LogP contribution in [0.5, 0.6) is 11.5 Å². The first-order chi connectivity index (χ1) is 17.9. The highest BCUT2D eigenvalue weighted by Gasteiger charge is 2.41. The third-order valence-corrected chi connectivity index (χ3v) is 6.63. The summed E-state index contributed by atoms with van der Waals surface area (Å²) in [5.74, 6) is -0.192. The normalized spacial score (nSPS) is 16.4. The lowest BCUT2D eigenvalue weighted by atomic mass is 9.93. The molecule has 4 rings (SSSR count). The number of amides is 1. The van der Waals surface area contributed by atoms with Crippen LogP contribution in [-0.4, -0.2) is 42.8 Å². The highest BCUT2D eigenvalue weighted by atomic mass is 32.2. The highest BCUT2D eigenvalue weighted by molar-refractivity contribution is 8.16. The van der Waals surface area contributed by atoms with E-state index in [9.17, 15) is 14.0 Å². The maximum Gasteiger partial charge on any atom is 0.338 e. The second-order valence-corrected chi connectivity index (χ2v) is 8.96. The Morgan fingerprint density at radius 1 is 1.16 bits per heavy atom. The molecule has 8 nitrogen and oxygen atoms in total. The molecule has 0 saturated carbocycles. The molecule has 10 heteroatoms. The molecule has 0 spiro atoms. The number of methoxy groups -OCH3 is 2. The van der Waals surface area contributed by atoms with Crippen molar-refractivity contribution in [3.05, 3.63) is 88.9 Å². The fourth-order valence-electron chi connectivity index (χ4n) is 4.08. The van der Waals surface area contributed by atoms with Gasteiger partial charge in [0.25, 0.3) is 0 Å². The van der Waals surface area contributed by atoms with Crippen molar-refractivity contribution in [1.29, 1.82) is 0 Å². The van der Waals surface area contributed by atoms with Crippen molar-refractivity contribution in [3.63, 3.8) is 0 Å². The minimum Gasteiger partial charge on any atom is -0.493 e. The van der Waals surface area contributed by atoms with Crippen molar-refractivity contribution in [1.82, 2.24) is 4.90 Å². The number of nitrogens with one attached hydrogen (secondary N) is 1. The second-order valence-electron chi connectivity index (χ2n) is 8.13. The van der Waals surface area contributed by atoms with E-state index in [4.69, 9.17) is 14.2 Å². The number of carbonyl (C=O) groups excluding carboxylic acids is 2. The number of ether oxygens (including phenoxy) is 3. The van der Waals surface area contributed by atoms with E-state index in [0.29, 0.717) is 39.3 Å². The number of nitrogens with zero attached hydrogens (tertiary/aromatic N) is 2. The Kier molecular flexibility index (Phi) is 7.98. The molecule has 1 atom stereocenters. The van der Waals surface area contributed by atoms with Crippen LogP contribution < -0.4 is 14.8 Å². The minimum absolute atomic E-state index is 0.00121. The van der Waals surface area contributed by atoms with E-state index < -0.39 is 17.8 Å². The van der Waals surface area contributed by atoms with Crippen LogP contribution >= 0.6 is 11.8 Å². The molecular formula is C27H26FN3O5S. The van der Waals surface area contributed by atoms with E-state index in [1.807, 2.05) is 16.4 Å². The molecule has 0 fully saturated rings. The molecule has 2 aliphatic rings. The van der Waals surface area contributed by atoms with Gasteiger partial charge in [-0.3, -0.25) is 4.79 Å². The average molecular weight is 524 g/mol. The number of hydrogen-bond donors (Lipinski definition) is 1. The zero-order chi connectivity index (χ0) is 26.5. The Bertz CT molecular complexity index is 1320. The number of carbonyl (C=O) groups is 2. The third kappa shape index (κ3) is 5.54. The highest BCUT2D eigenvalue weighted by Crippen LogP contribution is 2.46. The van der Waals surface area contributed by atoms with Gasteiger partial charge in [-0.15, -0.1) is 0 Å². The minimum atomic E-state index is -0.635. The van der Waals surface area contributed by atoms with Crippen molar-refractivity contribution >= 4 is 34.5 Å². The summed E-state index contributed by atoms with van der Waals surface area (Å²) in [6, 6.07) is 10.3. The van der Waals surface area contributed by atoms with Crippen LogP contribution in [0.25, 0.3) is 0 Å². The monoisotopic (exact) mass is 523 g/mol. The Hall–Kier alpha value is -4.05. The lowest BCUT2D eigenvalue weighted by Gasteiger charge is -2.36. The lowest BCUT2D eigenvalue weighted by molar-refractivity contribution is -0.138. The molecule has 2 heterocycles. The smallest absolute Gasteiger partial charge is 0.338 e. The van der Waals surface area contributed by atoms with E-state index >= 15 is 0 Å². The molecule has 192 valence electrons. The van der Waals surface area contributed by atoms with Gasteiger partial charge in [-0.05, 0) is 54.3 Å². The molecule has 2 aromatic carbocycles. The molecular weight excluding hydrogens is 497 g/mol. The van der Waals surface area contributed by atoms with Crippen LogP contribution in [0.15, 0.2) is 82.5 Å². The molecule has 0 unspecified atom stereocenters. The van der Waals surface area contributed by atoms with Crippen LogP contribution in [0.3, 0.4) is 0 Å². The van der Waals surface area contributed by atoms with Crippen LogP contribution in [0.1, 0.15) is 24.9 Å². The van der Waals surface area contributed by atoms with Gasteiger partial charge >= 0.3 is 5.97 Å². The molecule has 1 amide bonds. The first kappa shape index (κ1) is 26.0. The number of aliphatic imine (C=N–C) groups is 1. The molecule has 0 bridgehead atoms. The standard InChI is InChI=1S/C27H26FN3O5S/c1-5-12-36-26(33)24-16(2)29-27-31(25(24)17-6-11-21(34-3)22(13-17)35-4)20(15-37-27)14-23(32)30-19-9-7-18(28)8-10-19/h5-11,13,15,25H,1,12,14H2,2-4H3,(H,30,32)/t25-/m0/s1. The van der Waals surface area contributed by atoms with E-state index in [0.717, 1.165) is 5.56 Å². The maximum absolute atomic E-state index is 13.2. The summed E-state index contributed by atoms with van der Waals surface area (Å²) in [6.45, 7) is 5.41. The van der Waals surface area contributed by atoms with Gasteiger partial charge in [0.15, 0.2) is 16.7 Å². The van der Waals surface area contributed by atoms with Gasteiger partial charge in [0, 0.05) is 11.4 Å². The van der Waals surface area contributed by atoms with Gasteiger partial charge in [0.1, 0.15) is 12.4 Å². The zero-order valence-corrected chi connectivity index (χ0v) is 21.4. The Morgan fingerprint density at radius 2 is 1.89 bits per heavy atom. The summed E-state index contributed by atoms with van der Waals surface area (Å²) in [5.41, 5.74) is 2.70.